The maximum atomic E-state index is 14.0. The molecule has 2 rings (SSSR count). The zero-order valence-electron chi connectivity index (χ0n) is 10.8. The van der Waals surface area contributed by atoms with Gasteiger partial charge in [0.15, 0.2) is 0 Å². The lowest BCUT2D eigenvalue weighted by Gasteiger charge is -2.24. The molecule has 0 amide bonds. The minimum absolute atomic E-state index is 0.124. The number of anilines is 2. The van der Waals surface area contributed by atoms with Crippen molar-refractivity contribution in [2.45, 2.75) is 6.92 Å². The van der Waals surface area contributed by atoms with Crippen LogP contribution in [0.4, 0.5) is 20.2 Å². The van der Waals surface area contributed by atoms with Crippen LogP contribution in [0.5, 0.6) is 0 Å². The molecule has 0 fully saturated rings. The van der Waals surface area contributed by atoms with Crippen molar-refractivity contribution in [1.82, 2.24) is 0 Å². The summed E-state index contributed by atoms with van der Waals surface area (Å²) in [6.07, 6.45) is 0. The van der Waals surface area contributed by atoms with E-state index in [1.54, 1.807) is 17.9 Å². The largest absolute Gasteiger partial charge is 0.478 e. The molecule has 5 heteroatoms. The molecule has 0 aliphatic heterocycles. The average molecular weight is 277 g/mol. The number of benzene rings is 2. The number of nitrogens with zero attached hydrogens (tertiary/aromatic N) is 1. The second-order valence-corrected chi connectivity index (χ2v) is 4.20. The Morgan fingerprint density at radius 1 is 1.20 bits per heavy atom. The van der Waals surface area contributed by atoms with Gasteiger partial charge in [0.25, 0.3) is 0 Å². The van der Waals surface area contributed by atoms with Crippen LogP contribution in [0.15, 0.2) is 42.5 Å². The van der Waals surface area contributed by atoms with E-state index in [2.05, 4.69) is 0 Å². The number of halogens is 2. The summed E-state index contributed by atoms with van der Waals surface area (Å²) < 4.78 is 27.3. The van der Waals surface area contributed by atoms with Gasteiger partial charge in [-0.15, -0.1) is 0 Å². The Hall–Kier alpha value is -2.43. The standard InChI is InChI=1S/C15H13F2NO2/c1-2-18(12-5-3-4-11(16)9-12)14-7-6-10(15(19)20)8-13(14)17/h3-9H,2H2,1H3,(H,19,20). The summed E-state index contributed by atoms with van der Waals surface area (Å²) in [5, 5.41) is 8.82. The van der Waals surface area contributed by atoms with Crippen LogP contribution in [-0.4, -0.2) is 17.6 Å². The third-order valence-corrected chi connectivity index (χ3v) is 2.92. The van der Waals surface area contributed by atoms with E-state index in [0.717, 1.165) is 6.07 Å². The summed E-state index contributed by atoms with van der Waals surface area (Å²) in [6.45, 7) is 2.22. The summed E-state index contributed by atoms with van der Waals surface area (Å²) in [7, 11) is 0. The highest BCUT2D eigenvalue weighted by molar-refractivity contribution is 5.88. The number of carboxylic acid groups (broad SMARTS) is 1. The molecule has 0 spiro atoms. The van der Waals surface area contributed by atoms with E-state index in [-0.39, 0.29) is 11.3 Å². The topological polar surface area (TPSA) is 40.5 Å². The second-order valence-electron chi connectivity index (χ2n) is 4.20. The normalized spacial score (nSPS) is 10.3. The van der Waals surface area contributed by atoms with Crippen molar-refractivity contribution in [1.29, 1.82) is 0 Å². The molecule has 0 saturated carbocycles. The molecule has 2 aromatic rings. The van der Waals surface area contributed by atoms with Gasteiger partial charge in [0.1, 0.15) is 11.6 Å². The van der Waals surface area contributed by atoms with E-state index in [9.17, 15) is 13.6 Å². The van der Waals surface area contributed by atoms with Crippen molar-refractivity contribution in [2.75, 3.05) is 11.4 Å². The summed E-state index contributed by atoms with van der Waals surface area (Å²) in [4.78, 5) is 12.4. The molecule has 0 unspecified atom stereocenters. The molecular weight excluding hydrogens is 264 g/mol. The SMILES string of the molecule is CCN(c1cccc(F)c1)c1ccc(C(=O)O)cc1F. The van der Waals surface area contributed by atoms with Crippen molar-refractivity contribution in [3.63, 3.8) is 0 Å². The number of carbonyl (C=O) groups is 1. The monoisotopic (exact) mass is 277 g/mol. The minimum Gasteiger partial charge on any atom is -0.478 e. The Bertz CT molecular complexity index is 644. The van der Waals surface area contributed by atoms with Crippen LogP contribution in [0.25, 0.3) is 0 Å². The Balaban J connectivity index is 2.44. The van der Waals surface area contributed by atoms with E-state index in [1.165, 1.54) is 30.3 Å². The molecule has 3 nitrogen and oxygen atoms in total. The highest BCUT2D eigenvalue weighted by Crippen LogP contribution is 2.28. The zero-order chi connectivity index (χ0) is 14.7. The van der Waals surface area contributed by atoms with Crippen molar-refractivity contribution in [3.05, 3.63) is 59.7 Å². The predicted molar refractivity (Wildman–Crippen MR) is 72.4 cm³/mol. The molecule has 0 atom stereocenters. The van der Waals surface area contributed by atoms with Gasteiger partial charge in [0, 0.05) is 12.2 Å². The molecule has 104 valence electrons. The van der Waals surface area contributed by atoms with E-state index in [1.807, 2.05) is 0 Å². The highest BCUT2D eigenvalue weighted by atomic mass is 19.1. The summed E-state index contributed by atoms with van der Waals surface area (Å²) >= 11 is 0. The number of rotatable bonds is 4. The summed E-state index contributed by atoms with van der Waals surface area (Å²) in [5.74, 6) is -2.26. The lowest BCUT2D eigenvalue weighted by Crippen LogP contribution is -2.17. The van der Waals surface area contributed by atoms with Crippen LogP contribution in [0, 0.1) is 11.6 Å². The lowest BCUT2D eigenvalue weighted by atomic mass is 10.1. The van der Waals surface area contributed by atoms with E-state index in [0.29, 0.717) is 12.2 Å². The molecule has 0 aliphatic rings. The highest BCUT2D eigenvalue weighted by Gasteiger charge is 2.15. The smallest absolute Gasteiger partial charge is 0.335 e. The molecule has 2 aromatic carbocycles. The third-order valence-electron chi connectivity index (χ3n) is 2.92. The fraction of sp³-hybridized carbons (Fsp3) is 0.133. The molecule has 20 heavy (non-hydrogen) atoms. The van der Waals surface area contributed by atoms with E-state index >= 15 is 0 Å². The predicted octanol–water partition coefficient (Wildman–Crippen LogP) is 3.82. The summed E-state index contributed by atoms with van der Waals surface area (Å²) in [5.41, 5.74) is 0.596. The van der Waals surface area contributed by atoms with Crippen LogP contribution < -0.4 is 4.90 Å². The fourth-order valence-electron chi connectivity index (χ4n) is 1.99. The van der Waals surface area contributed by atoms with Crippen molar-refractivity contribution >= 4 is 17.3 Å². The number of hydrogen-bond donors (Lipinski definition) is 1. The maximum Gasteiger partial charge on any atom is 0.335 e. The van der Waals surface area contributed by atoms with E-state index in [4.69, 9.17) is 5.11 Å². The number of carboxylic acids is 1. The third kappa shape index (κ3) is 2.77. The average Bonchev–Trinajstić information content (AvgIpc) is 2.41. The first-order valence-electron chi connectivity index (χ1n) is 6.09. The fourth-order valence-corrected chi connectivity index (χ4v) is 1.99. The first kappa shape index (κ1) is 14.0. The van der Waals surface area contributed by atoms with Crippen LogP contribution in [0.1, 0.15) is 17.3 Å². The van der Waals surface area contributed by atoms with Gasteiger partial charge < -0.3 is 10.0 Å². The van der Waals surface area contributed by atoms with Crippen molar-refractivity contribution in [3.8, 4) is 0 Å². The van der Waals surface area contributed by atoms with Crippen molar-refractivity contribution < 1.29 is 18.7 Å². The molecule has 0 bridgehead atoms. The molecular formula is C15H13F2NO2. The van der Waals surface area contributed by atoms with Crippen LogP contribution in [0.3, 0.4) is 0 Å². The van der Waals surface area contributed by atoms with Gasteiger partial charge in [-0.25, -0.2) is 13.6 Å². The first-order chi connectivity index (χ1) is 9.52. The molecule has 0 heterocycles. The van der Waals surface area contributed by atoms with Crippen LogP contribution >= 0.6 is 0 Å². The van der Waals surface area contributed by atoms with Gasteiger partial charge in [-0.2, -0.15) is 0 Å². The maximum absolute atomic E-state index is 14.0. The number of hydrogen-bond acceptors (Lipinski definition) is 2. The second kappa shape index (κ2) is 5.69. The molecule has 0 saturated heterocycles. The van der Waals surface area contributed by atoms with Gasteiger partial charge in [-0.05, 0) is 43.3 Å². The van der Waals surface area contributed by atoms with Gasteiger partial charge >= 0.3 is 5.97 Å². The zero-order valence-corrected chi connectivity index (χ0v) is 10.8. The summed E-state index contributed by atoms with van der Waals surface area (Å²) in [6, 6.07) is 9.47. The quantitative estimate of drug-likeness (QED) is 0.923. The van der Waals surface area contributed by atoms with Gasteiger partial charge in [-0.1, -0.05) is 6.07 Å². The van der Waals surface area contributed by atoms with Gasteiger partial charge in [-0.3, -0.25) is 0 Å². The minimum atomic E-state index is -1.19. The van der Waals surface area contributed by atoms with Crippen LogP contribution in [-0.2, 0) is 0 Å². The van der Waals surface area contributed by atoms with Crippen LogP contribution in [0.2, 0.25) is 0 Å². The first-order valence-corrected chi connectivity index (χ1v) is 6.09. The van der Waals surface area contributed by atoms with Crippen molar-refractivity contribution in [2.24, 2.45) is 0 Å². The Labute approximate surface area is 115 Å². The number of aromatic carboxylic acids is 1. The molecule has 1 N–H and O–H groups in total. The van der Waals surface area contributed by atoms with Gasteiger partial charge in [0.2, 0.25) is 0 Å². The Kier molecular flexibility index (Phi) is 3.98. The Morgan fingerprint density at radius 3 is 2.50 bits per heavy atom. The Morgan fingerprint density at radius 2 is 1.95 bits per heavy atom. The molecule has 0 aromatic heterocycles. The van der Waals surface area contributed by atoms with E-state index < -0.39 is 17.6 Å². The molecule has 0 aliphatic carbocycles. The molecule has 0 radical (unpaired) electrons. The lowest BCUT2D eigenvalue weighted by molar-refractivity contribution is 0.0696. The van der Waals surface area contributed by atoms with Gasteiger partial charge in [0.05, 0.1) is 11.3 Å².